The molecule has 1 aliphatic rings. The van der Waals surface area contributed by atoms with Gasteiger partial charge < -0.3 is 20.1 Å². The van der Waals surface area contributed by atoms with Gasteiger partial charge in [-0.05, 0) is 30.5 Å². The maximum absolute atomic E-state index is 12.7. The Labute approximate surface area is 175 Å². The van der Waals surface area contributed by atoms with E-state index in [0.717, 1.165) is 29.9 Å². The van der Waals surface area contributed by atoms with Crippen molar-refractivity contribution < 1.29 is 9.32 Å². The highest BCUT2D eigenvalue weighted by molar-refractivity contribution is 5.77. The maximum Gasteiger partial charge on any atom is 0.222 e. The van der Waals surface area contributed by atoms with Gasteiger partial charge in [-0.15, -0.1) is 0 Å². The molecule has 2 aromatic heterocycles. The molecule has 1 amide bonds. The fourth-order valence-electron chi connectivity index (χ4n) is 3.59. The largest absolute Gasteiger partial charge is 0.359 e. The van der Waals surface area contributed by atoms with Gasteiger partial charge in [-0.1, -0.05) is 30.3 Å². The van der Waals surface area contributed by atoms with Crippen LogP contribution in [0.2, 0.25) is 0 Å². The Kier molecular flexibility index (Phi) is 6.22. The number of carbonyl (C=O) groups is 1. The van der Waals surface area contributed by atoms with Crippen molar-refractivity contribution in [2.75, 3.05) is 23.7 Å². The Morgan fingerprint density at radius 3 is 2.87 bits per heavy atom. The molecular weight excluding hydrogens is 380 g/mol. The van der Waals surface area contributed by atoms with Gasteiger partial charge in [0.25, 0.3) is 0 Å². The minimum atomic E-state index is 0.137. The molecule has 2 N–H and O–H groups in total. The highest BCUT2D eigenvalue weighted by Gasteiger charge is 2.27. The van der Waals surface area contributed by atoms with Crippen LogP contribution in [0.4, 0.5) is 17.5 Å². The van der Waals surface area contributed by atoms with Gasteiger partial charge >= 0.3 is 0 Å². The maximum atomic E-state index is 12.7. The molecule has 0 saturated heterocycles. The zero-order valence-electron chi connectivity index (χ0n) is 17.1. The number of amides is 1. The summed E-state index contributed by atoms with van der Waals surface area (Å²) in [7, 11) is 0. The summed E-state index contributed by atoms with van der Waals surface area (Å²) in [6.07, 6.45) is 6.18. The SMILES string of the molecule is CCc1ccccc1Nc1noc2c1CN(C(=O)CCCNc1ncccn1)CC2. The first-order chi connectivity index (χ1) is 14.7. The molecule has 0 radical (unpaired) electrons. The Morgan fingerprint density at radius 2 is 2.03 bits per heavy atom. The van der Waals surface area contributed by atoms with E-state index in [4.69, 9.17) is 4.52 Å². The zero-order chi connectivity index (χ0) is 20.8. The molecule has 4 rings (SSSR count). The van der Waals surface area contributed by atoms with Crippen LogP contribution in [0.1, 0.15) is 36.7 Å². The van der Waals surface area contributed by atoms with E-state index in [1.54, 1.807) is 18.5 Å². The lowest BCUT2D eigenvalue weighted by atomic mass is 10.1. The van der Waals surface area contributed by atoms with Gasteiger partial charge in [-0.2, -0.15) is 0 Å². The minimum Gasteiger partial charge on any atom is -0.359 e. The first kappa shape index (κ1) is 19.9. The van der Waals surface area contributed by atoms with Crippen LogP contribution >= 0.6 is 0 Å². The highest BCUT2D eigenvalue weighted by atomic mass is 16.5. The van der Waals surface area contributed by atoms with E-state index >= 15 is 0 Å². The van der Waals surface area contributed by atoms with E-state index < -0.39 is 0 Å². The second-order valence-electron chi connectivity index (χ2n) is 7.24. The van der Waals surface area contributed by atoms with Crippen LogP contribution in [-0.2, 0) is 24.2 Å². The summed E-state index contributed by atoms with van der Waals surface area (Å²) in [5.41, 5.74) is 3.21. The molecule has 1 aliphatic heterocycles. The molecule has 3 aromatic rings. The van der Waals surface area contributed by atoms with Crippen molar-refractivity contribution >= 4 is 23.4 Å². The monoisotopic (exact) mass is 406 g/mol. The molecule has 0 atom stereocenters. The number of hydrogen-bond acceptors (Lipinski definition) is 7. The predicted octanol–water partition coefficient (Wildman–Crippen LogP) is 3.55. The number of nitrogens with zero attached hydrogens (tertiary/aromatic N) is 4. The third-order valence-electron chi connectivity index (χ3n) is 5.25. The van der Waals surface area contributed by atoms with Crippen molar-refractivity contribution in [2.45, 2.75) is 39.2 Å². The minimum absolute atomic E-state index is 0.137. The van der Waals surface area contributed by atoms with E-state index in [1.165, 1.54) is 5.56 Å². The average molecular weight is 406 g/mol. The molecule has 0 spiro atoms. The summed E-state index contributed by atoms with van der Waals surface area (Å²) in [6, 6.07) is 9.93. The lowest BCUT2D eigenvalue weighted by molar-refractivity contribution is -0.132. The molecule has 1 aromatic carbocycles. The standard InChI is InChI=1S/C22H26N6O2/c1-2-16-7-3-4-8-18(16)26-21-17-15-28(14-10-19(17)30-27-21)20(29)9-5-11-23-22-24-12-6-13-25-22/h3-4,6-8,12-13H,2,5,9-11,14-15H2,1H3,(H,26,27)(H,23,24,25). The molecule has 8 heteroatoms. The first-order valence-electron chi connectivity index (χ1n) is 10.4. The molecule has 0 bridgehead atoms. The lowest BCUT2D eigenvalue weighted by Gasteiger charge is -2.26. The normalized spacial score (nSPS) is 13.0. The summed E-state index contributed by atoms with van der Waals surface area (Å²) in [5.74, 6) is 2.28. The van der Waals surface area contributed by atoms with Crippen molar-refractivity contribution in [3.63, 3.8) is 0 Å². The van der Waals surface area contributed by atoms with Crippen LogP contribution in [0.3, 0.4) is 0 Å². The Bertz CT molecular complexity index is 988. The van der Waals surface area contributed by atoms with Crippen molar-refractivity contribution in [2.24, 2.45) is 0 Å². The molecule has 0 unspecified atom stereocenters. The van der Waals surface area contributed by atoms with Gasteiger partial charge in [-0.25, -0.2) is 9.97 Å². The van der Waals surface area contributed by atoms with E-state index in [0.29, 0.717) is 44.2 Å². The number of para-hydroxylation sites is 1. The third-order valence-corrected chi connectivity index (χ3v) is 5.25. The van der Waals surface area contributed by atoms with Crippen LogP contribution in [0.5, 0.6) is 0 Å². The lowest BCUT2D eigenvalue weighted by Crippen LogP contribution is -2.35. The highest BCUT2D eigenvalue weighted by Crippen LogP contribution is 2.30. The van der Waals surface area contributed by atoms with Crippen LogP contribution in [-0.4, -0.2) is 39.0 Å². The van der Waals surface area contributed by atoms with Gasteiger partial charge in [0, 0.05) is 44.0 Å². The van der Waals surface area contributed by atoms with Crippen LogP contribution in [0, 0.1) is 0 Å². The van der Waals surface area contributed by atoms with Crippen molar-refractivity contribution in [3.8, 4) is 0 Å². The van der Waals surface area contributed by atoms with Gasteiger partial charge in [0.15, 0.2) is 5.82 Å². The Morgan fingerprint density at radius 1 is 1.20 bits per heavy atom. The van der Waals surface area contributed by atoms with Gasteiger partial charge in [0.1, 0.15) is 5.76 Å². The molecule has 8 nitrogen and oxygen atoms in total. The average Bonchev–Trinajstić information content (AvgIpc) is 3.19. The number of aryl methyl sites for hydroxylation is 1. The third kappa shape index (κ3) is 4.59. The number of aromatic nitrogens is 3. The number of nitrogens with one attached hydrogen (secondary N) is 2. The molecule has 0 aliphatic carbocycles. The summed E-state index contributed by atoms with van der Waals surface area (Å²) < 4.78 is 5.53. The number of fused-ring (bicyclic) bond motifs is 1. The number of carbonyl (C=O) groups excluding carboxylic acids is 1. The van der Waals surface area contributed by atoms with Crippen molar-refractivity contribution in [1.82, 2.24) is 20.0 Å². The number of rotatable bonds is 8. The molecule has 156 valence electrons. The number of hydrogen-bond donors (Lipinski definition) is 2. The Hall–Kier alpha value is -3.42. The van der Waals surface area contributed by atoms with Gasteiger partial charge in [-0.3, -0.25) is 4.79 Å². The van der Waals surface area contributed by atoms with Crippen LogP contribution < -0.4 is 10.6 Å². The van der Waals surface area contributed by atoms with Crippen LogP contribution in [0.25, 0.3) is 0 Å². The second-order valence-corrected chi connectivity index (χ2v) is 7.24. The summed E-state index contributed by atoms with van der Waals surface area (Å²) in [5, 5.41) is 10.8. The van der Waals surface area contributed by atoms with E-state index in [2.05, 4.69) is 38.7 Å². The van der Waals surface area contributed by atoms with E-state index in [-0.39, 0.29) is 5.91 Å². The molecule has 0 saturated carbocycles. The fraction of sp³-hybridized carbons (Fsp3) is 0.364. The van der Waals surface area contributed by atoms with Crippen molar-refractivity contribution in [3.05, 3.63) is 59.6 Å². The molecule has 30 heavy (non-hydrogen) atoms. The molecule has 3 heterocycles. The molecular formula is C22H26N6O2. The summed E-state index contributed by atoms with van der Waals surface area (Å²) >= 11 is 0. The topological polar surface area (TPSA) is 96.2 Å². The van der Waals surface area contributed by atoms with E-state index in [1.807, 2.05) is 23.1 Å². The van der Waals surface area contributed by atoms with Gasteiger partial charge in [0.2, 0.25) is 11.9 Å². The number of anilines is 3. The quantitative estimate of drug-likeness (QED) is 0.552. The van der Waals surface area contributed by atoms with Crippen molar-refractivity contribution in [1.29, 1.82) is 0 Å². The van der Waals surface area contributed by atoms with Gasteiger partial charge in [0.05, 0.1) is 12.1 Å². The summed E-state index contributed by atoms with van der Waals surface area (Å²) in [4.78, 5) is 22.8. The van der Waals surface area contributed by atoms with E-state index in [9.17, 15) is 4.79 Å². The Balaban J connectivity index is 1.33. The second kappa shape index (κ2) is 9.39. The first-order valence-corrected chi connectivity index (χ1v) is 10.4. The predicted molar refractivity (Wildman–Crippen MR) is 114 cm³/mol. The van der Waals surface area contributed by atoms with Crippen LogP contribution in [0.15, 0.2) is 47.2 Å². The molecule has 0 fully saturated rings. The number of benzene rings is 1. The fourth-order valence-corrected chi connectivity index (χ4v) is 3.59. The smallest absolute Gasteiger partial charge is 0.222 e. The zero-order valence-corrected chi connectivity index (χ0v) is 17.1. The summed E-state index contributed by atoms with van der Waals surface area (Å²) in [6.45, 7) is 3.95.